The quantitative estimate of drug-likeness (QED) is 0.858. The van der Waals surface area contributed by atoms with E-state index in [0.717, 1.165) is 42.8 Å². The molecule has 0 spiro atoms. The zero-order valence-electron chi connectivity index (χ0n) is 15.6. The second-order valence-corrected chi connectivity index (χ2v) is 7.32. The Labute approximate surface area is 155 Å². The highest BCUT2D eigenvalue weighted by atomic mass is 16.5. The highest BCUT2D eigenvalue weighted by Crippen LogP contribution is 2.38. The highest BCUT2D eigenvalue weighted by molar-refractivity contribution is 5.97. The van der Waals surface area contributed by atoms with Crippen LogP contribution in [0.4, 0.5) is 5.69 Å². The van der Waals surface area contributed by atoms with Crippen molar-refractivity contribution in [3.8, 4) is 5.75 Å². The van der Waals surface area contributed by atoms with Crippen LogP contribution in [0.25, 0.3) is 0 Å². The van der Waals surface area contributed by atoms with Crippen molar-refractivity contribution in [2.45, 2.75) is 38.3 Å². The van der Waals surface area contributed by atoms with Crippen molar-refractivity contribution in [2.24, 2.45) is 0 Å². The summed E-state index contributed by atoms with van der Waals surface area (Å²) in [5.41, 5.74) is 2.19. The molecular formula is C22H27N2O2+. The van der Waals surface area contributed by atoms with Crippen molar-refractivity contribution in [2.75, 3.05) is 25.1 Å². The second kappa shape index (κ2) is 6.76. The van der Waals surface area contributed by atoms with Gasteiger partial charge in [-0.15, -0.1) is 0 Å². The molecule has 2 heterocycles. The van der Waals surface area contributed by atoms with Gasteiger partial charge in [-0.2, -0.15) is 0 Å². The van der Waals surface area contributed by atoms with Crippen molar-refractivity contribution in [1.29, 1.82) is 0 Å². The van der Waals surface area contributed by atoms with Gasteiger partial charge in [-0.3, -0.25) is 0 Å². The molecular weight excluding hydrogens is 324 g/mol. The van der Waals surface area contributed by atoms with Crippen molar-refractivity contribution in [1.82, 2.24) is 0 Å². The third-order valence-electron chi connectivity index (χ3n) is 5.62. The van der Waals surface area contributed by atoms with Crippen LogP contribution < -0.4 is 9.64 Å². The number of rotatable bonds is 3. The molecule has 2 aliphatic heterocycles. The van der Waals surface area contributed by atoms with Gasteiger partial charge >= 0.3 is 0 Å². The molecule has 4 heteroatoms. The Balaban J connectivity index is 1.83. The van der Waals surface area contributed by atoms with Crippen LogP contribution in [-0.2, 0) is 5.72 Å². The number of aryl methyl sites for hydroxylation is 1. The molecule has 0 amide bonds. The van der Waals surface area contributed by atoms with Gasteiger partial charge in [-0.05, 0) is 38.3 Å². The lowest BCUT2D eigenvalue weighted by molar-refractivity contribution is -0.658. The van der Waals surface area contributed by atoms with Gasteiger partial charge < -0.3 is 9.84 Å². The first-order valence-corrected chi connectivity index (χ1v) is 9.47. The molecule has 0 saturated heterocycles. The van der Waals surface area contributed by atoms with E-state index in [0.29, 0.717) is 6.54 Å². The number of benzene rings is 2. The van der Waals surface area contributed by atoms with E-state index in [9.17, 15) is 5.11 Å². The van der Waals surface area contributed by atoms with Crippen LogP contribution in [0.15, 0.2) is 48.5 Å². The first kappa shape index (κ1) is 17.1. The van der Waals surface area contributed by atoms with Crippen molar-refractivity contribution < 1.29 is 14.4 Å². The maximum absolute atomic E-state index is 11.8. The minimum absolute atomic E-state index is 0.520. The fourth-order valence-corrected chi connectivity index (χ4v) is 4.21. The molecule has 26 heavy (non-hydrogen) atoms. The fraction of sp³-hybridized carbons (Fsp3) is 0.409. The molecule has 2 aromatic carbocycles. The van der Waals surface area contributed by atoms with E-state index < -0.39 is 5.72 Å². The number of aliphatic hydroxyl groups is 1. The van der Waals surface area contributed by atoms with Crippen LogP contribution >= 0.6 is 0 Å². The number of ether oxygens (including phenoxy) is 1. The van der Waals surface area contributed by atoms with E-state index in [1.165, 1.54) is 17.8 Å². The predicted octanol–water partition coefficient (Wildman–Crippen LogP) is 3.65. The number of hydrogen-bond donors (Lipinski definition) is 1. The minimum Gasteiger partial charge on any atom is -0.492 e. The maximum Gasteiger partial charge on any atom is 0.271 e. The number of amidine groups is 1. The largest absolute Gasteiger partial charge is 0.492 e. The standard InChI is InChI=1S/C22H27N2O2/c1-17-11-13-18(14-12-17)22(25)16-23(19-8-5-6-9-20(19)26-2)21-10-4-3-7-15-24(21)22/h5-6,8-9,11-14,25H,3-4,7,10,15-16H2,1-2H3/q+1. The molecule has 1 unspecified atom stereocenters. The van der Waals surface area contributed by atoms with Gasteiger partial charge in [0.1, 0.15) is 0 Å². The molecule has 1 N–H and O–H groups in total. The summed E-state index contributed by atoms with van der Waals surface area (Å²) < 4.78 is 7.82. The summed E-state index contributed by atoms with van der Waals surface area (Å²) in [6.07, 6.45) is 4.44. The normalized spacial score (nSPS) is 23.0. The Bertz CT molecular complexity index is 828. The number of hydrogen-bond acceptors (Lipinski definition) is 3. The van der Waals surface area contributed by atoms with Crippen LogP contribution in [-0.4, -0.2) is 35.7 Å². The number of β-amino-alcohol motifs (C(OH)–C–C–N with tert-alkyl or cyclic N) is 1. The molecule has 2 aromatic rings. The predicted molar refractivity (Wildman–Crippen MR) is 104 cm³/mol. The van der Waals surface area contributed by atoms with Gasteiger partial charge in [-0.25, -0.2) is 9.48 Å². The molecule has 0 radical (unpaired) electrons. The molecule has 4 rings (SSSR count). The van der Waals surface area contributed by atoms with Gasteiger partial charge in [0.05, 0.1) is 13.7 Å². The van der Waals surface area contributed by atoms with Crippen LogP contribution in [0.2, 0.25) is 0 Å². The lowest BCUT2D eigenvalue weighted by Gasteiger charge is -2.24. The van der Waals surface area contributed by atoms with Crippen molar-refractivity contribution >= 4 is 11.5 Å². The molecule has 0 bridgehead atoms. The number of para-hydroxylation sites is 2. The Hall–Kier alpha value is -2.33. The number of methoxy groups -OCH3 is 1. The summed E-state index contributed by atoms with van der Waals surface area (Å²) in [6.45, 7) is 3.48. The Morgan fingerprint density at radius 2 is 1.81 bits per heavy atom. The first-order chi connectivity index (χ1) is 12.6. The molecule has 2 aliphatic rings. The average Bonchev–Trinajstić information content (AvgIpc) is 2.82. The van der Waals surface area contributed by atoms with E-state index in [-0.39, 0.29) is 0 Å². The Morgan fingerprint density at radius 3 is 2.58 bits per heavy atom. The van der Waals surface area contributed by atoms with E-state index in [1.54, 1.807) is 7.11 Å². The summed E-state index contributed by atoms with van der Waals surface area (Å²) in [4.78, 5) is 2.25. The molecule has 136 valence electrons. The second-order valence-electron chi connectivity index (χ2n) is 7.32. The van der Waals surface area contributed by atoms with Crippen LogP contribution in [0, 0.1) is 6.92 Å². The third kappa shape index (κ3) is 2.78. The topological polar surface area (TPSA) is 35.7 Å². The van der Waals surface area contributed by atoms with Crippen molar-refractivity contribution in [3.63, 3.8) is 0 Å². The van der Waals surface area contributed by atoms with E-state index in [2.05, 4.69) is 46.7 Å². The molecule has 0 saturated carbocycles. The molecule has 4 nitrogen and oxygen atoms in total. The summed E-state index contributed by atoms with van der Waals surface area (Å²) in [7, 11) is 1.70. The van der Waals surface area contributed by atoms with Crippen molar-refractivity contribution in [3.05, 3.63) is 59.7 Å². The summed E-state index contributed by atoms with van der Waals surface area (Å²) >= 11 is 0. The smallest absolute Gasteiger partial charge is 0.271 e. The summed E-state index contributed by atoms with van der Waals surface area (Å²) in [5, 5.41) is 11.8. The molecule has 1 atom stereocenters. The summed E-state index contributed by atoms with van der Waals surface area (Å²) in [6, 6.07) is 16.4. The molecule has 0 fully saturated rings. The lowest BCUT2D eigenvalue weighted by Crippen LogP contribution is -2.41. The van der Waals surface area contributed by atoms with Crippen LogP contribution in [0.1, 0.15) is 36.8 Å². The van der Waals surface area contributed by atoms with Crippen LogP contribution in [0.3, 0.4) is 0 Å². The van der Waals surface area contributed by atoms with Gasteiger partial charge in [0.15, 0.2) is 18.0 Å². The monoisotopic (exact) mass is 351 g/mol. The van der Waals surface area contributed by atoms with Gasteiger partial charge in [0, 0.05) is 12.0 Å². The first-order valence-electron chi connectivity index (χ1n) is 9.47. The van der Waals surface area contributed by atoms with Gasteiger partial charge in [0.2, 0.25) is 0 Å². The zero-order chi connectivity index (χ0) is 18.1. The zero-order valence-corrected chi connectivity index (χ0v) is 15.6. The van der Waals surface area contributed by atoms with E-state index >= 15 is 0 Å². The Kier molecular flexibility index (Phi) is 4.45. The minimum atomic E-state index is -1.01. The van der Waals surface area contributed by atoms with Crippen LogP contribution in [0.5, 0.6) is 5.75 Å². The lowest BCUT2D eigenvalue weighted by atomic mass is 10.0. The number of nitrogens with zero attached hydrogens (tertiary/aromatic N) is 2. The van der Waals surface area contributed by atoms with Gasteiger partial charge in [-0.1, -0.05) is 42.0 Å². The molecule has 0 aromatic heterocycles. The highest BCUT2D eigenvalue weighted by Gasteiger charge is 2.52. The molecule has 0 aliphatic carbocycles. The summed E-state index contributed by atoms with van der Waals surface area (Å²) in [5.74, 6) is 2.05. The fourth-order valence-electron chi connectivity index (χ4n) is 4.21. The SMILES string of the molecule is COc1ccccc1N1CC(O)(c2ccc(C)cc2)[N+]2=C1CCCCC2. The Morgan fingerprint density at radius 1 is 1.04 bits per heavy atom. The van der Waals surface area contributed by atoms with E-state index in [1.807, 2.05) is 18.2 Å². The van der Waals surface area contributed by atoms with Gasteiger partial charge in [0.25, 0.3) is 11.6 Å². The third-order valence-corrected chi connectivity index (χ3v) is 5.62. The van der Waals surface area contributed by atoms with E-state index in [4.69, 9.17) is 4.74 Å². The maximum atomic E-state index is 11.8. The number of anilines is 1. The average molecular weight is 351 g/mol.